The molecule has 2 heterocycles. The predicted molar refractivity (Wildman–Crippen MR) is 122 cm³/mol. The van der Waals surface area contributed by atoms with Crippen molar-refractivity contribution in [1.82, 2.24) is 20.2 Å². The minimum atomic E-state index is -0.191. The van der Waals surface area contributed by atoms with Crippen LogP contribution in [0.3, 0.4) is 0 Å². The van der Waals surface area contributed by atoms with Gasteiger partial charge in [0.05, 0.1) is 17.1 Å². The van der Waals surface area contributed by atoms with Gasteiger partial charge in [0.1, 0.15) is 0 Å². The number of hydrogen-bond donors (Lipinski definition) is 3. The summed E-state index contributed by atoms with van der Waals surface area (Å²) in [5, 5.41) is 3.42. The van der Waals surface area contributed by atoms with Gasteiger partial charge in [0.2, 0.25) is 5.91 Å². The van der Waals surface area contributed by atoms with Gasteiger partial charge in [-0.1, -0.05) is 37.3 Å². The standard InChI is InChI=1S/C23H28N4O2.ClH/c1-2-16-6-9-18(10-7-16)21-15-24-12-13-27(21)22(28)5-3-4-17-8-11-19-20(14-17)26-23(29)25-19;/h6-11,14,21,24H,2-5,12-13,15H2,1H3,(H2,25,26,29);1H. The van der Waals surface area contributed by atoms with Gasteiger partial charge in [-0.2, -0.15) is 0 Å². The third-order valence-electron chi connectivity index (χ3n) is 5.77. The van der Waals surface area contributed by atoms with Gasteiger partial charge in [0.15, 0.2) is 0 Å². The summed E-state index contributed by atoms with van der Waals surface area (Å²) in [7, 11) is 0. The summed E-state index contributed by atoms with van der Waals surface area (Å²) in [5.41, 5.74) is 5.08. The Labute approximate surface area is 182 Å². The molecule has 1 amide bonds. The van der Waals surface area contributed by atoms with Gasteiger partial charge in [-0.3, -0.25) is 4.79 Å². The molecule has 4 rings (SSSR count). The van der Waals surface area contributed by atoms with Crippen LogP contribution in [0.25, 0.3) is 11.0 Å². The number of aryl methyl sites for hydroxylation is 2. The van der Waals surface area contributed by atoms with Crippen LogP contribution in [-0.4, -0.2) is 40.4 Å². The van der Waals surface area contributed by atoms with Gasteiger partial charge < -0.3 is 20.2 Å². The lowest BCUT2D eigenvalue weighted by atomic mass is 10.00. The first-order valence-electron chi connectivity index (χ1n) is 10.4. The fourth-order valence-corrected chi connectivity index (χ4v) is 4.10. The summed E-state index contributed by atoms with van der Waals surface area (Å²) in [5.74, 6) is 0.215. The van der Waals surface area contributed by atoms with Crippen LogP contribution in [-0.2, 0) is 17.6 Å². The second-order valence-corrected chi connectivity index (χ2v) is 7.71. The number of H-pyrrole nitrogens is 2. The molecule has 0 saturated carbocycles. The fraction of sp³-hybridized carbons (Fsp3) is 0.391. The first-order valence-corrected chi connectivity index (χ1v) is 10.4. The van der Waals surface area contributed by atoms with Crippen LogP contribution < -0.4 is 11.0 Å². The number of benzene rings is 2. The Morgan fingerprint density at radius 2 is 1.80 bits per heavy atom. The molecule has 160 valence electrons. The minimum Gasteiger partial charge on any atom is -0.333 e. The van der Waals surface area contributed by atoms with Crippen molar-refractivity contribution in [3.8, 4) is 0 Å². The van der Waals surface area contributed by atoms with Crippen LogP contribution in [0.2, 0.25) is 0 Å². The molecule has 1 aromatic heterocycles. The number of imidazole rings is 1. The Morgan fingerprint density at radius 1 is 1.07 bits per heavy atom. The molecule has 1 fully saturated rings. The molecule has 2 aromatic carbocycles. The highest BCUT2D eigenvalue weighted by Gasteiger charge is 2.27. The summed E-state index contributed by atoms with van der Waals surface area (Å²) in [6.07, 6.45) is 3.17. The van der Waals surface area contributed by atoms with Crippen LogP contribution in [0.5, 0.6) is 0 Å². The summed E-state index contributed by atoms with van der Waals surface area (Å²) in [6, 6.07) is 14.6. The fourth-order valence-electron chi connectivity index (χ4n) is 4.10. The molecule has 7 heteroatoms. The van der Waals surface area contributed by atoms with E-state index in [1.54, 1.807) is 0 Å². The van der Waals surface area contributed by atoms with Crippen molar-refractivity contribution < 1.29 is 4.79 Å². The summed E-state index contributed by atoms with van der Waals surface area (Å²) in [6.45, 7) is 4.54. The minimum absolute atomic E-state index is 0. The normalized spacial score (nSPS) is 16.4. The lowest BCUT2D eigenvalue weighted by Crippen LogP contribution is -2.48. The zero-order valence-electron chi connectivity index (χ0n) is 17.2. The van der Waals surface area contributed by atoms with Crippen LogP contribution in [0.15, 0.2) is 47.3 Å². The van der Waals surface area contributed by atoms with Crippen LogP contribution >= 0.6 is 12.4 Å². The number of aromatic amines is 2. The number of nitrogens with one attached hydrogen (secondary N) is 3. The summed E-state index contributed by atoms with van der Waals surface area (Å²) in [4.78, 5) is 31.9. The van der Waals surface area contributed by atoms with Gasteiger partial charge in [0.25, 0.3) is 0 Å². The predicted octanol–water partition coefficient (Wildman–Crippen LogP) is 3.34. The van der Waals surface area contributed by atoms with E-state index >= 15 is 0 Å². The van der Waals surface area contributed by atoms with Gasteiger partial charge in [-0.15, -0.1) is 12.4 Å². The van der Waals surface area contributed by atoms with E-state index in [0.29, 0.717) is 6.42 Å². The number of amides is 1. The monoisotopic (exact) mass is 428 g/mol. The molecular formula is C23H29ClN4O2. The number of rotatable bonds is 6. The Kier molecular flexibility index (Phi) is 7.34. The first kappa shape index (κ1) is 22.1. The van der Waals surface area contributed by atoms with Crippen molar-refractivity contribution in [2.24, 2.45) is 0 Å². The van der Waals surface area contributed by atoms with E-state index in [-0.39, 0.29) is 30.0 Å². The van der Waals surface area contributed by atoms with E-state index in [0.717, 1.165) is 55.5 Å². The molecule has 1 aliphatic heterocycles. The zero-order chi connectivity index (χ0) is 20.2. The highest BCUT2D eigenvalue weighted by Crippen LogP contribution is 2.24. The van der Waals surface area contributed by atoms with Crippen molar-refractivity contribution in [2.45, 2.75) is 38.6 Å². The Morgan fingerprint density at radius 3 is 2.57 bits per heavy atom. The molecule has 1 saturated heterocycles. The van der Waals surface area contributed by atoms with Gasteiger partial charge in [-0.25, -0.2) is 4.79 Å². The molecule has 0 bridgehead atoms. The first-order chi connectivity index (χ1) is 14.1. The molecule has 0 spiro atoms. The molecule has 0 radical (unpaired) electrons. The number of aromatic nitrogens is 2. The second-order valence-electron chi connectivity index (χ2n) is 7.71. The molecule has 0 aliphatic carbocycles. The van der Waals surface area contributed by atoms with Crippen molar-refractivity contribution in [2.75, 3.05) is 19.6 Å². The Bertz CT molecular complexity index is 1040. The molecule has 1 unspecified atom stereocenters. The van der Waals surface area contributed by atoms with Crippen molar-refractivity contribution in [3.05, 3.63) is 69.6 Å². The molecule has 3 aromatic rings. The molecule has 3 N–H and O–H groups in total. The number of piperazine rings is 1. The van der Waals surface area contributed by atoms with E-state index in [4.69, 9.17) is 0 Å². The average Bonchev–Trinajstić information content (AvgIpc) is 3.13. The quantitative estimate of drug-likeness (QED) is 0.563. The van der Waals surface area contributed by atoms with E-state index < -0.39 is 0 Å². The van der Waals surface area contributed by atoms with Crippen LogP contribution in [0.4, 0.5) is 0 Å². The maximum Gasteiger partial charge on any atom is 0.323 e. The third-order valence-corrected chi connectivity index (χ3v) is 5.77. The maximum absolute atomic E-state index is 13.0. The largest absolute Gasteiger partial charge is 0.333 e. The number of halogens is 1. The van der Waals surface area contributed by atoms with E-state index in [1.807, 2.05) is 23.1 Å². The van der Waals surface area contributed by atoms with E-state index in [1.165, 1.54) is 11.1 Å². The van der Waals surface area contributed by atoms with Crippen molar-refractivity contribution in [3.63, 3.8) is 0 Å². The van der Waals surface area contributed by atoms with Gasteiger partial charge in [-0.05, 0) is 48.1 Å². The number of carbonyl (C=O) groups is 1. The molecule has 6 nitrogen and oxygen atoms in total. The number of fused-ring (bicyclic) bond motifs is 1. The second kappa shape index (κ2) is 9.96. The molecule has 1 atom stereocenters. The zero-order valence-corrected chi connectivity index (χ0v) is 18.1. The van der Waals surface area contributed by atoms with Gasteiger partial charge >= 0.3 is 5.69 Å². The summed E-state index contributed by atoms with van der Waals surface area (Å²) >= 11 is 0. The molecular weight excluding hydrogens is 400 g/mol. The smallest absolute Gasteiger partial charge is 0.323 e. The number of nitrogens with zero attached hydrogens (tertiary/aromatic N) is 1. The van der Waals surface area contributed by atoms with Gasteiger partial charge in [0, 0.05) is 26.1 Å². The highest BCUT2D eigenvalue weighted by molar-refractivity contribution is 5.85. The van der Waals surface area contributed by atoms with Crippen LogP contribution in [0, 0.1) is 0 Å². The average molecular weight is 429 g/mol. The molecule has 1 aliphatic rings. The SMILES string of the molecule is CCc1ccc(C2CNCCN2C(=O)CCCc2ccc3[nH]c(=O)[nH]c3c2)cc1.Cl. The van der Waals surface area contributed by atoms with Crippen LogP contribution in [0.1, 0.15) is 42.5 Å². The summed E-state index contributed by atoms with van der Waals surface area (Å²) < 4.78 is 0. The number of hydrogen-bond acceptors (Lipinski definition) is 3. The lowest BCUT2D eigenvalue weighted by molar-refractivity contribution is -0.134. The molecule has 30 heavy (non-hydrogen) atoms. The third kappa shape index (κ3) is 4.94. The Balaban J connectivity index is 0.00000256. The Hall–Kier alpha value is -2.57. The lowest BCUT2D eigenvalue weighted by Gasteiger charge is -2.36. The number of carbonyl (C=O) groups excluding carboxylic acids is 1. The topological polar surface area (TPSA) is 81.0 Å². The maximum atomic E-state index is 13.0. The van der Waals surface area contributed by atoms with Crippen molar-refractivity contribution in [1.29, 1.82) is 0 Å². The van der Waals surface area contributed by atoms with E-state index in [9.17, 15) is 9.59 Å². The highest BCUT2D eigenvalue weighted by atomic mass is 35.5. The van der Waals surface area contributed by atoms with E-state index in [2.05, 4.69) is 46.5 Å². The van der Waals surface area contributed by atoms with Crippen molar-refractivity contribution >= 4 is 29.3 Å².